The first-order valence-electron chi connectivity index (χ1n) is 13.2. The number of benzene rings is 4. The van der Waals surface area contributed by atoms with Gasteiger partial charge in [0, 0.05) is 25.5 Å². The summed E-state index contributed by atoms with van der Waals surface area (Å²) in [5, 5.41) is 1.67. The van der Waals surface area contributed by atoms with Crippen LogP contribution in [0.4, 0.5) is 13.2 Å². The maximum atomic E-state index is 14.2. The Bertz CT molecular complexity index is 1890. The van der Waals surface area contributed by atoms with Crippen LogP contribution in [-0.2, 0) is 36.2 Å². The van der Waals surface area contributed by atoms with Gasteiger partial charge in [0.15, 0.2) is 9.84 Å². The third-order valence-electron chi connectivity index (χ3n) is 7.43. The lowest BCUT2D eigenvalue weighted by Gasteiger charge is -2.25. The van der Waals surface area contributed by atoms with Gasteiger partial charge in [0.2, 0.25) is 0 Å². The first kappa shape index (κ1) is 29.1. The zero-order valence-electron chi connectivity index (χ0n) is 23.3. The fraction of sp³-hybridized carbons (Fsp3) is 0.182. The zero-order chi connectivity index (χ0) is 30.2. The summed E-state index contributed by atoms with van der Waals surface area (Å²) in [5.74, 6) is -0.288. The molecule has 0 aliphatic rings. The predicted molar refractivity (Wildman–Crippen MR) is 158 cm³/mol. The van der Waals surface area contributed by atoms with Crippen molar-refractivity contribution in [3.05, 3.63) is 125 Å². The second-order valence-corrected chi connectivity index (χ2v) is 12.4. The molecule has 0 spiro atoms. The predicted octanol–water partition coefficient (Wildman–Crippen LogP) is 7.42. The van der Waals surface area contributed by atoms with Gasteiger partial charge in [-0.1, -0.05) is 72.8 Å². The maximum absolute atomic E-state index is 14.2. The molecule has 42 heavy (non-hydrogen) atoms. The minimum Gasteiger partial charge on any atom is -0.343 e. The van der Waals surface area contributed by atoms with Crippen LogP contribution in [0.25, 0.3) is 21.9 Å². The van der Waals surface area contributed by atoms with E-state index in [4.69, 9.17) is 0 Å². The number of carbonyl (C=O) groups is 1. The normalized spacial score (nSPS) is 12.0. The lowest BCUT2D eigenvalue weighted by Crippen LogP contribution is -2.32. The van der Waals surface area contributed by atoms with Gasteiger partial charge in [-0.05, 0) is 64.2 Å². The van der Waals surface area contributed by atoms with Crippen LogP contribution in [0.5, 0.6) is 0 Å². The van der Waals surface area contributed by atoms with Gasteiger partial charge < -0.3 is 9.47 Å². The number of fused-ring (bicyclic) bond motifs is 1. The molecule has 1 aromatic heterocycles. The van der Waals surface area contributed by atoms with Crippen LogP contribution in [0.15, 0.2) is 102 Å². The number of hydrogen-bond acceptors (Lipinski definition) is 3. The minimum atomic E-state index is -4.52. The van der Waals surface area contributed by atoms with E-state index in [0.29, 0.717) is 11.3 Å². The van der Waals surface area contributed by atoms with E-state index in [2.05, 4.69) is 0 Å². The molecule has 5 nitrogen and oxygen atoms in total. The molecule has 5 rings (SSSR count). The van der Waals surface area contributed by atoms with E-state index in [9.17, 15) is 26.4 Å². The summed E-state index contributed by atoms with van der Waals surface area (Å²) < 4.78 is 65.7. The Morgan fingerprint density at radius 2 is 1.55 bits per heavy atom. The first-order chi connectivity index (χ1) is 19.8. The average molecular weight is 591 g/mol. The molecule has 5 aromatic rings. The number of alkyl halides is 3. The van der Waals surface area contributed by atoms with E-state index in [0.717, 1.165) is 49.9 Å². The van der Waals surface area contributed by atoms with Crippen LogP contribution >= 0.6 is 0 Å². The molecule has 0 fully saturated rings. The van der Waals surface area contributed by atoms with Crippen molar-refractivity contribution in [2.24, 2.45) is 7.05 Å². The lowest BCUT2D eigenvalue weighted by molar-refractivity contribution is -0.143. The van der Waals surface area contributed by atoms with Crippen molar-refractivity contribution >= 4 is 26.5 Å². The number of halogens is 3. The summed E-state index contributed by atoms with van der Waals surface area (Å²) in [7, 11) is -2.02. The fourth-order valence-corrected chi connectivity index (χ4v) is 5.81. The number of hydrogen-bond donors (Lipinski definition) is 0. The van der Waals surface area contributed by atoms with E-state index < -0.39 is 21.7 Å². The Hall–Kier alpha value is -4.37. The summed E-state index contributed by atoms with van der Waals surface area (Å²) in [5.41, 5.74) is 3.14. The molecule has 0 atom stereocenters. The van der Waals surface area contributed by atoms with Crippen molar-refractivity contribution in [1.82, 2.24) is 9.47 Å². The highest BCUT2D eigenvalue weighted by molar-refractivity contribution is 7.90. The SMILES string of the molecule is Cc1ccc2ccccc2c1C(=O)N(Cc1ccc(-c2cccc(S(C)(=O)=O)c2)cc1)Cc1ccc(C(F)(F)F)n1C. The standard InChI is InChI=1S/C33H29F3N2O3S/c1-22-11-14-25-7-4-5-10-29(25)31(22)32(39)38(21-27-17-18-30(37(27)2)33(34,35)36)20-23-12-15-24(16-13-23)26-8-6-9-28(19-26)42(3,40)41/h4-19H,20-21H2,1-3H3. The molecule has 0 saturated carbocycles. The molecular weight excluding hydrogens is 561 g/mol. The highest BCUT2D eigenvalue weighted by Crippen LogP contribution is 2.32. The molecule has 9 heteroatoms. The van der Waals surface area contributed by atoms with Gasteiger partial charge in [0.25, 0.3) is 5.91 Å². The van der Waals surface area contributed by atoms with Gasteiger partial charge >= 0.3 is 6.18 Å². The Balaban J connectivity index is 1.51. The monoisotopic (exact) mass is 590 g/mol. The summed E-state index contributed by atoms with van der Waals surface area (Å²) in [4.78, 5) is 15.9. The molecule has 0 unspecified atom stereocenters. The number of rotatable bonds is 7. The van der Waals surface area contributed by atoms with Gasteiger partial charge in [0.1, 0.15) is 5.69 Å². The van der Waals surface area contributed by atoms with E-state index in [1.807, 2.05) is 73.7 Å². The highest BCUT2D eigenvalue weighted by Gasteiger charge is 2.34. The smallest absolute Gasteiger partial charge is 0.343 e. The Morgan fingerprint density at radius 3 is 2.21 bits per heavy atom. The van der Waals surface area contributed by atoms with Crippen LogP contribution in [0.2, 0.25) is 0 Å². The lowest BCUT2D eigenvalue weighted by atomic mass is 9.98. The van der Waals surface area contributed by atoms with E-state index in [1.54, 1.807) is 23.1 Å². The second kappa shape index (κ2) is 11.1. The summed E-state index contributed by atoms with van der Waals surface area (Å²) in [6, 6.07) is 27.8. The summed E-state index contributed by atoms with van der Waals surface area (Å²) in [6.45, 7) is 1.96. The van der Waals surface area contributed by atoms with Crippen LogP contribution in [0.3, 0.4) is 0 Å². The quantitative estimate of drug-likeness (QED) is 0.198. The van der Waals surface area contributed by atoms with Crippen molar-refractivity contribution < 1.29 is 26.4 Å². The van der Waals surface area contributed by atoms with E-state index in [1.165, 1.54) is 13.1 Å². The number of nitrogens with zero attached hydrogens (tertiary/aromatic N) is 2. The molecule has 216 valence electrons. The van der Waals surface area contributed by atoms with Gasteiger partial charge in [0.05, 0.1) is 17.0 Å². The maximum Gasteiger partial charge on any atom is 0.431 e. The largest absolute Gasteiger partial charge is 0.431 e. The number of sulfone groups is 1. The van der Waals surface area contributed by atoms with Crippen molar-refractivity contribution in [2.45, 2.75) is 31.1 Å². The second-order valence-electron chi connectivity index (χ2n) is 10.4. The molecule has 0 aliphatic carbocycles. The summed E-state index contributed by atoms with van der Waals surface area (Å²) in [6.07, 6.45) is -3.36. The molecule has 0 bridgehead atoms. The average Bonchev–Trinajstić information content (AvgIpc) is 3.32. The topological polar surface area (TPSA) is 59.4 Å². The van der Waals surface area contributed by atoms with Crippen LogP contribution < -0.4 is 0 Å². The number of aromatic nitrogens is 1. The van der Waals surface area contributed by atoms with E-state index >= 15 is 0 Å². The van der Waals surface area contributed by atoms with Crippen LogP contribution in [-0.4, -0.2) is 30.0 Å². The molecule has 0 aliphatic heterocycles. The molecule has 4 aromatic carbocycles. The van der Waals surface area contributed by atoms with Crippen molar-refractivity contribution in [1.29, 1.82) is 0 Å². The number of aryl methyl sites for hydroxylation is 1. The fourth-order valence-electron chi connectivity index (χ4n) is 5.14. The van der Waals surface area contributed by atoms with Gasteiger partial charge in [-0.15, -0.1) is 0 Å². The Kier molecular flexibility index (Phi) is 7.72. The molecule has 0 radical (unpaired) electrons. The first-order valence-corrected chi connectivity index (χ1v) is 15.1. The molecule has 0 N–H and O–H groups in total. The molecule has 1 amide bonds. The number of carbonyl (C=O) groups excluding carboxylic acids is 1. The van der Waals surface area contributed by atoms with Crippen LogP contribution in [0, 0.1) is 6.92 Å². The van der Waals surface area contributed by atoms with Gasteiger partial charge in [-0.2, -0.15) is 13.2 Å². The van der Waals surface area contributed by atoms with E-state index in [-0.39, 0.29) is 23.9 Å². The van der Waals surface area contributed by atoms with Crippen LogP contribution in [0.1, 0.15) is 32.9 Å². The van der Waals surface area contributed by atoms with Crippen molar-refractivity contribution in [3.63, 3.8) is 0 Å². The van der Waals surface area contributed by atoms with Gasteiger partial charge in [-0.25, -0.2) is 8.42 Å². The molecule has 1 heterocycles. The summed E-state index contributed by atoms with van der Waals surface area (Å²) >= 11 is 0. The highest BCUT2D eigenvalue weighted by atomic mass is 32.2. The molecule has 0 saturated heterocycles. The zero-order valence-corrected chi connectivity index (χ0v) is 24.1. The van der Waals surface area contributed by atoms with Crippen molar-refractivity contribution in [3.8, 4) is 11.1 Å². The Labute approximate surface area is 242 Å². The molecular formula is C33H29F3N2O3S. The minimum absolute atomic E-state index is 0.0355. The Morgan fingerprint density at radius 1 is 0.833 bits per heavy atom. The van der Waals surface area contributed by atoms with Crippen molar-refractivity contribution in [2.75, 3.05) is 6.26 Å². The third kappa shape index (κ3) is 5.97. The van der Waals surface area contributed by atoms with Gasteiger partial charge in [-0.3, -0.25) is 4.79 Å². The third-order valence-corrected chi connectivity index (χ3v) is 8.54. The number of amides is 1.